The molecule has 0 spiro atoms. The maximum absolute atomic E-state index is 12.6. The van der Waals surface area contributed by atoms with Gasteiger partial charge in [0, 0.05) is 0 Å². The van der Waals surface area contributed by atoms with Gasteiger partial charge < -0.3 is 23.7 Å². The predicted molar refractivity (Wildman–Crippen MR) is 104 cm³/mol. The molecule has 0 N–H and O–H groups in total. The summed E-state index contributed by atoms with van der Waals surface area (Å²) in [5, 5.41) is 0. The van der Waals surface area contributed by atoms with Crippen molar-refractivity contribution in [3.8, 4) is 5.75 Å². The van der Waals surface area contributed by atoms with Crippen LogP contribution in [0.15, 0.2) is 24.3 Å². The van der Waals surface area contributed by atoms with Crippen molar-refractivity contribution in [3.05, 3.63) is 29.8 Å². The summed E-state index contributed by atoms with van der Waals surface area (Å²) < 4.78 is 28.2. The minimum absolute atomic E-state index is 0.137. The lowest BCUT2D eigenvalue weighted by Gasteiger charge is -2.30. The van der Waals surface area contributed by atoms with E-state index >= 15 is 0 Å². The largest absolute Gasteiger partial charge is 0.497 e. The Morgan fingerprint density at radius 2 is 1.93 bits per heavy atom. The summed E-state index contributed by atoms with van der Waals surface area (Å²) in [6.07, 6.45) is 3.55. The van der Waals surface area contributed by atoms with Gasteiger partial charge in [0.1, 0.15) is 25.8 Å². The Kier molecular flexibility index (Phi) is 7.91. The molecule has 0 aliphatic carbocycles. The van der Waals surface area contributed by atoms with Crippen LogP contribution in [0.25, 0.3) is 0 Å². The monoisotopic (exact) mass is 388 g/mol. The molecule has 2 radical (unpaired) electrons. The molecule has 6 nitrogen and oxygen atoms in total. The highest BCUT2D eigenvalue weighted by molar-refractivity contribution is 6.15. The normalized spacial score (nSPS) is 30.5. The molecule has 2 aliphatic heterocycles. The molecule has 1 aromatic carbocycles. The van der Waals surface area contributed by atoms with Gasteiger partial charge in [-0.3, -0.25) is 4.79 Å². The summed E-state index contributed by atoms with van der Waals surface area (Å²) in [4.78, 5) is 12.6. The van der Waals surface area contributed by atoms with Crippen LogP contribution in [0.2, 0.25) is 0 Å². The van der Waals surface area contributed by atoms with E-state index in [0.717, 1.165) is 43.4 Å². The summed E-state index contributed by atoms with van der Waals surface area (Å²) >= 11 is 0. The summed E-state index contributed by atoms with van der Waals surface area (Å²) in [5.74, 6) is 0.589. The average molecular weight is 388 g/mol. The van der Waals surface area contributed by atoms with E-state index in [1.54, 1.807) is 7.11 Å². The Morgan fingerprint density at radius 3 is 2.64 bits per heavy atom. The number of carbonyl (C=O) groups excluding carboxylic acids is 1. The zero-order valence-electron chi connectivity index (χ0n) is 16.7. The molecule has 0 aromatic heterocycles. The number of Topliss-reactive ketones (excluding diaryl/α,β-unsaturated/α-hetero) is 1. The van der Waals surface area contributed by atoms with E-state index in [9.17, 15) is 4.79 Å². The van der Waals surface area contributed by atoms with Gasteiger partial charge in [0.2, 0.25) is 0 Å². The number of carbonyl (C=O) groups is 1. The highest BCUT2D eigenvalue weighted by Gasteiger charge is 2.42. The Morgan fingerprint density at radius 1 is 1.14 bits per heavy atom. The molecule has 2 fully saturated rings. The van der Waals surface area contributed by atoms with E-state index in [1.807, 2.05) is 24.3 Å². The van der Waals surface area contributed by atoms with Gasteiger partial charge in [-0.05, 0) is 43.4 Å². The predicted octanol–water partition coefficient (Wildman–Crippen LogP) is 2.75. The second kappa shape index (κ2) is 10.4. The smallest absolute Gasteiger partial charge is 0.194 e. The van der Waals surface area contributed by atoms with Gasteiger partial charge in [-0.1, -0.05) is 25.5 Å². The maximum Gasteiger partial charge on any atom is 0.194 e. The summed E-state index contributed by atoms with van der Waals surface area (Å²) in [6, 6.07) is 6.67. The van der Waals surface area contributed by atoms with E-state index in [4.69, 9.17) is 31.5 Å². The molecule has 152 valence electrons. The topological polar surface area (TPSA) is 63.2 Å². The van der Waals surface area contributed by atoms with Gasteiger partial charge in [0.15, 0.2) is 12.1 Å². The molecule has 3 rings (SSSR count). The van der Waals surface area contributed by atoms with Crippen molar-refractivity contribution < 1.29 is 28.5 Å². The van der Waals surface area contributed by atoms with Crippen molar-refractivity contribution in [2.45, 2.75) is 76.2 Å². The first-order valence-corrected chi connectivity index (χ1v) is 10.1. The van der Waals surface area contributed by atoms with Gasteiger partial charge in [0.25, 0.3) is 0 Å². The fraction of sp³-hybridized carbons (Fsp3) is 0.667. The van der Waals surface area contributed by atoms with Gasteiger partial charge >= 0.3 is 0 Å². The molecule has 2 heterocycles. The maximum atomic E-state index is 12.6. The Labute approximate surface area is 168 Å². The van der Waals surface area contributed by atoms with Crippen molar-refractivity contribution in [2.75, 3.05) is 13.7 Å². The van der Waals surface area contributed by atoms with E-state index in [0.29, 0.717) is 0 Å². The highest BCUT2D eigenvalue weighted by atomic mass is 16.7. The Balaban J connectivity index is 1.45. The van der Waals surface area contributed by atoms with Gasteiger partial charge in [-0.2, -0.15) is 0 Å². The molecule has 0 saturated carbocycles. The molecule has 28 heavy (non-hydrogen) atoms. The number of methoxy groups -OCH3 is 1. The van der Waals surface area contributed by atoms with Crippen LogP contribution in [0, 0.1) is 0 Å². The minimum Gasteiger partial charge on any atom is -0.497 e. The van der Waals surface area contributed by atoms with E-state index < -0.39 is 18.2 Å². The number of benzene rings is 1. The van der Waals surface area contributed by atoms with Crippen molar-refractivity contribution in [1.82, 2.24) is 0 Å². The minimum atomic E-state index is -0.796. The fourth-order valence-corrected chi connectivity index (χ4v) is 3.59. The molecule has 2 saturated heterocycles. The first-order valence-electron chi connectivity index (χ1n) is 10.1. The lowest BCUT2D eigenvalue weighted by molar-refractivity contribution is -0.205. The van der Waals surface area contributed by atoms with Crippen LogP contribution in [0.5, 0.6) is 5.75 Å². The van der Waals surface area contributed by atoms with Crippen LogP contribution in [-0.4, -0.2) is 58.0 Å². The van der Waals surface area contributed by atoms with Crippen molar-refractivity contribution in [1.29, 1.82) is 0 Å². The van der Waals surface area contributed by atoms with Crippen molar-refractivity contribution in [3.63, 3.8) is 0 Å². The zero-order valence-corrected chi connectivity index (χ0v) is 16.7. The summed E-state index contributed by atoms with van der Waals surface area (Å²) in [6.45, 7) is 2.56. The Bertz CT molecular complexity index is 620. The number of hydrogen-bond donors (Lipinski definition) is 0. The molecular formula is C21H29BO6. The fourth-order valence-electron chi connectivity index (χ4n) is 3.59. The van der Waals surface area contributed by atoms with Crippen LogP contribution < -0.4 is 4.74 Å². The number of ether oxygens (including phenoxy) is 5. The highest BCUT2D eigenvalue weighted by Crippen LogP contribution is 2.25. The molecule has 7 heteroatoms. The first-order chi connectivity index (χ1) is 13.6. The first kappa shape index (κ1) is 21.3. The molecule has 0 amide bonds. The molecule has 0 bridgehead atoms. The lowest BCUT2D eigenvalue weighted by Crippen LogP contribution is -2.35. The summed E-state index contributed by atoms with van der Waals surface area (Å²) in [7, 11) is 7.58. The molecule has 5 atom stereocenters. The number of hydrogen-bond acceptors (Lipinski definition) is 6. The zero-order chi connectivity index (χ0) is 19.9. The van der Waals surface area contributed by atoms with Crippen molar-refractivity contribution in [2.24, 2.45) is 0 Å². The van der Waals surface area contributed by atoms with Crippen molar-refractivity contribution >= 4 is 13.6 Å². The average Bonchev–Trinajstić information content (AvgIpc) is 2.98. The molecule has 5 unspecified atom stereocenters. The van der Waals surface area contributed by atoms with E-state index in [2.05, 4.69) is 6.92 Å². The molecule has 1 aromatic rings. The second-order valence-corrected chi connectivity index (χ2v) is 7.31. The Hall–Kier alpha value is -1.41. The van der Waals surface area contributed by atoms with Crippen LogP contribution in [0.3, 0.4) is 0 Å². The van der Waals surface area contributed by atoms with Gasteiger partial charge in [0.05, 0.1) is 32.4 Å². The quantitative estimate of drug-likeness (QED) is 0.607. The van der Waals surface area contributed by atoms with E-state index in [1.165, 1.54) is 0 Å². The van der Waals surface area contributed by atoms with Crippen LogP contribution in [-0.2, 0) is 30.3 Å². The number of ketones is 1. The van der Waals surface area contributed by atoms with Crippen LogP contribution in [0.4, 0.5) is 0 Å². The molecule has 2 aliphatic rings. The number of rotatable bonds is 9. The third-order valence-corrected chi connectivity index (χ3v) is 5.16. The van der Waals surface area contributed by atoms with Gasteiger partial charge in [-0.15, -0.1) is 0 Å². The SMILES string of the molecule is [B]C1OC(COC2CCCC(CCC)O2)C(=O)C1OCc1ccc(OC)cc1. The van der Waals surface area contributed by atoms with Gasteiger partial charge in [-0.25, -0.2) is 0 Å². The van der Waals surface area contributed by atoms with Crippen LogP contribution >= 0.6 is 0 Å². The molecular weight excluding hydrogens is 359 g/mol. The van der Waals surface area contributed by atoms with E-state index in [-0.39, 0.29) is 31.4 Å². The third-order valence-electron chi connectivity index (χ3n) is 5.16. The van der Waals surface area contributed by atoms with Crippen LogP contribution in [0.1, 0.15) is 44.6 Å². The standard InChI is InChI=1S/C21H29BO6/c1-3-5-16-6-4-7-18(27-16)25-13-17-19(23)20(21(22)28-17)26-12-14-8-10-15(24-2)11-9-14/h8-11,16-18,20-21H,3-7,12-13H2,1-2H3. The second-order valence-electron chi connectivity index (χ2n) is 7.31. The third kappa shape index (κ3) is 5.57. The summed E-state index contributed by atoms with van der Waals surface area (Å²) in [5.41, 5.74) is 0.929. The lowest BCUT2D eigenvalue weighted by atomic mass is 9.93.